The molecule has 1 aliphatic rings. The molecule has 0 atom stereocenters. The normalized spacial score (nSPS) is 16.0. The Balaban J connectivity index is 1.32. The summed E-state index contributed by atoms with van der Waals surface area (Å²) >= 11 is 0. The Kier molecular flexibility index (Phi) is 5.23. The van der Waals surface area contributed by atoms with E-state index in [0.717, 1.165) is 44.0 Å². The number of halogens is 1. The van der Waals surface area contributed by atoms with Crippen LogP contribution in [0.15, 0.2) is 28.7 Å². The number of benzene rings is 1. The third-order valence-electron chi connectivity index (χ3n) is 5.42. The molecule has 4 rings (SSSR count). The standard InChI is InChI=1S/C20H25FN6O/c1-14-18(15(2)25(3)24-14)12-26-8-10-27(11-9-26)13-19-22-23-20(28-19)16-4-6-17(21)7-5-16/h4-7H,8-13H2,1-3H3. The van der Waals surface area contributed by atoms with Crippen LogP contribution in [0, 0.1) is 19.7 Å². The van der Waals surface area contributed by atoms with E-state index in [4.69, 9.17) is 4.42 Å². The van der Waals surface area contributed by atoms with Crippen molar-refractivity contribution in [2.24, 2.45) is 7.05 Å². The largest absolute Gasteiger partial charge is 0.419 e. The van der Waals surface area contributed by atoms with Gasteiger partial charge in [0.15, 0.2) is 0 Å². The molecule has 148 valence electrons. The van der Waals surface area contributed by atoms with Crippen LogP contribution in [0.1, 0.15) is 22.8 Å². The monoisotopic (exact) mass is 384 g/mol. The summed E-state index contributed by atoms with van der Waals surface area (Å²) in [6.45, 7) is 9.66. The van der Waals surface area contributed by atoms with E-state index < -0.39 is 0 Å². The lowest BCUT2D eigenvalue weighted by Crippen LogP contribution is -2.45. The topological polar surface area (TPSA) is 63.2 Å². The second kappa shape index (κ2) is 7.81. The number of hydrogen-bond donors (Lipinski definition) is 0. The molecule has 0 spiro atoms. The van der Waals surface area contributed by atoms with Crippen molar-refractivity contribution in [1.29, 1.82) is 0 Å². The average molecular weight is 384 g/mol. The van der Waals surface area contributed by atoms with E-state index in [1.807, 2.05) is 11.7 Å². The molecule has 3 aromatic rings. The number of nitrogens with zero attached hydrogens (tertiary/aromatic N) is 6. The van der Waals surface area contributed by atoms with Gasteiger partial charge in [0.25, 0.3) is 0 Å². The first kappa shape index (κ1) is 18.8. The highest BCUT2D eigenvalue weighted by Gasteiger charge is 2.21. The van der Waals surface area contributed by atoms with E-state index in [2.05, 4.69) is 38.9 Å². The minimum atomic E-state index is -0.280. The van der Waals surface area contributed by atoms with Gasteiger partial charge in [0.1, 0.15) is 5.82 Å². The molecule has 3 heterocycles. The minimum Gasteiger partial charge on any atom is -0.419 e. The highest BCUT2D eigenvalue weighted by atomic mass is 19.1. The predicted octanol–water partition coefficient (Wildman–Crippen LogP) is 2.54. The Morgan fingerprint density at radius 3 is 2.21 bits per heavy atom. The zero-order chi connectivity index (χ0) is 19.7. The maximum atomic E-state index is 13.0. The van der Waals surface area contributed by atoms with Crippen LogP contribution in [0.2, 0.25) is 0 Å². The molecule has 1 saturated heterocycles. The molecule has 0 aliphatic carbocycles. The van der Waals surface area contributed by atoms with E-state index in [0.29, 0.717) is 18.3 Å². The van der Waals surface area contributed by atoms with E-state index >= 15 is 0 Å². The maximum Gasteiger partial charge on any atom is 0.247 e. The average Bonchev–Trinajstić information content (AvgIpc) is 3.24. The van der Waals surface area contributed by atoms with Crippen LogP contribution in [0.5, 0.6) is 0 Å². The van der Waals surface area contributed by atoms with Gasteiger partial charge in [-0.2, -0.15) is 5.10 Å². The molecular weight excluding hydrogens is 359 g/mol. The Labute approximate surface area is 163 Å². The van der Waals surface area contributed by atoms with Gasteiger partial charge in [-0.25, -0.2) is 4.39 Å². The van der Waals surface area contributed by atoms with Crippen LogP contribution in [0.25, 0.3) is 11.5 Å². The molecule has 1 aliphatic heterocycles. The van der Waals surface area contributed by atoms with Crippen LogP contribution < -0.4 is 0 Å². The number of aromatic nitrogens is 4. The van der Waals surface area contributed by atoms with Crippen LogP contribution in [0.4, 0.5) is 4.39 Å². The van der Waals surface area contributed by atoms with Gasteiger partial charge in [-0.05, 0) is 38.1 Å². The summed E-state index contributed by atoms with van der Waals surface area (Å²) in [4.78, 5) is 4.78. The quantitative estimate of drug-likeness (QED) is 0.674. The maximum absolute atomic E-state index is 13.0. The van der Waals surface area contributed by atoms with Gasteiger partial charge in [-0.15, -0.1) is 10.2 Å². The zero-order valence-corrected chi connectivity index (χ0v) is 16.5. The van der Waals surface area contributed by atoms with Crippen molar-refractivity contribution in [2.45, 2.75) is 26.9 Å². The zero-order valence-electron chi connectivity index (χ0n) is 16.5. The van der Waals surface area contributed by atoms with E-state index in [1.54, 1.807) is 12.1 Å². The molecule has 0 bridgehead atoms. The number of piperazine rings is 1. The summed E-state index contributed by atoms with van der Waals surface area (Å²) in [6, 6.07) is 6.08. The van der Waals surface area contributed by atoms with Gasteiger partial charge in [0.2, 0.25) is 11.8 Å². The summed E-state index contributed by atoms with van der Waals surface area (Å²) in [5, 5.41) is 12.7. The lowest BCUT2D eigenvalue weighted by atomic mass is 10.1. The molecule has 1 fully saturated rings. The van der Waals surface area contributed by atoms with Crippen LogP contribution in [-0.4, -0.2) is 56.0 Å². The fourth-order valence-electron chi connectivity index (χ4n) is 3.59. The molecule has 7 nitrogen and oxygen atoms in total. The molecule has 1 aromatic carbocycles. The van der Waals surface area contributed by atoms with Crippen molar-refractivity contribution >= 4 is 0 Å². The Hall–Kier alpha value is -2.58. The molecule has 0 amide bonds. The Morgan fingerprint density at radius 2 is 1.61 bits per heavy atom. The third kappa shape index (κ3) is 3.98. The number of aryl methyl sites for hydroxylation is 2. The first-order valence-corrected chi connectivity index (χ1v) is 9.51. The van der Waals surface area contributed by atoms with Crippen LogP contribution in [0.3, 0.4) is 0 Å². The molecule has 2 aromatic heterocycles. The third-order valence-corrected chi connectivity index (χ3v) is 5.42. The van der Waals surface area contributed by atoms with Crippen molar-refractivity contribution in [3.63, 3.8) is 0 Å². The van der Waals surface area contributed by atoms with Crippen LogP contribution in [-0.2, 0) is 20.1 Å². The highest BCUT2D eigenvalue weighted by molar-refractivity contribution is 5.51. The fraction of sp³-hybridized carbons (Fsp3) is 0.450. The van der Waals surface area contributed by atoms with E-state index in [-0.39, 0.29) is 5.82 Å². The fourth-order valence-corrected chi connectivity index (χ4v) is 3.59. The lowest BCUT2D eigenvalue weighted by molar-refractivity contribution is 0.114. The Bertz CT molecular complexity index is 940. The van der Waals surface area contributed by atoms with Gasteiger partial charge in [-0.1, -0.05) is 0 Å². The minimum absolute atomic E-state index is 0.280. The van der Waals surface area contributed by atoms with E-state index in [9.17, 15) is 4.39 Å². The van der Waals surface area contributed by atoms with Gasteiger partial charge >= 0.3 is 0 Å². The molecule has 0 saturated carbocycles. The second-order valence-electron chi connectivity index (χ2n) is 7.33. The SMILES string of the molecule is Cc1nn(C)c(C)c1CN1CCN(Cc2nnc(-c3ccc(F)cc3)o2)CC1. The van der Waals surface area contributed by atoms with Crippen molar-refractivity contribution in [3.8, 4) is 11.5 Å². The van der Waals surface area contributed by atoms with Crippen molar-refractivity contribution in [3.05, 3.63) is 52.9 Å². The summed E-state index contributed by atoms with van der Waals surface area (Å²) in [5.41, 5.74) is 4.41. The summed E-state index contributed by atoms with van der Waals surface area (Å²) < 4.78 is 20.8. The molecule has 8 heteroatoms. The van der Waals surface area contributed by atoms with Gasteiger partial charge in [0.05, 0.1) is 12.2 Å². The van der Waals surface area contributed by atoms with Gasteiger partial charge < -0.3 is 4.42 Å². The molecule has 28 heavy (non-hydrogen) atoms. The van der Waals surface area contributed by atoms with Crippen molar-refractivity contribution in [2.75, 3.05) is 26.2 Å². The first-order valence-electron chi connectivity index (χ1n) is 9.51. The van der Waals surface area contributed by atoms with Gasteiger partial charge in [-0.3, -0.25) is 14.5 Å². The first-order chi connectivity index (χ1) is 13.5. The second-order valence-corrected chi connectivity index (χ2v) is 7.33. The smallest absolute Gasteiger partial charge is 0.247 e. The van der Waals surface area contributed by atoms with Crippen LogP contribution >= 0.6 is 0 Å². The highest BCUT2D eigenvalue weighted by Crippen LogP contribution is 2.20. The summed E-state index contributed by atoms with van der Waals surface area (Å²) in [7, 11) is 1.99. The molecule has 0 unspecified atom stereocenters. The summed E-state index contributed by atoms with van der Waals surface area (Å²) in [5.74, 6) is 0.737. The molecule has 0 N–H and O–H groups in total. The molecule has 0 radical (unpaired) electrons. The van der Waals surface area contributed by atoms with Crippen molar-refractivity contribution in [1.82, 2.24) is 29.8 Å². The molecular formula is C20H25FN6O. The Morgan fingerprint density at radius 1 is 0.964 bits per heavy atom. The lowest BCUT2D eigenvalue weighted by Gasteiger charge is -2.34. The summed E-state index contributed by atoms with van der Waals surface area (Å²) in [6.07, 6.45) is 0. The van der Waals surface area contributed by atoms with Gasteiger partial charge in [0, 0.05) is 56.6 Å². The predicted molar refractivity (Wildman–Crippen MR) is 103 cm³/mol. The number of rotatable bonds is 5. The van der Waals surface area contributed by atoms with E-state index in [1.165, 1.54) is 23.4 Å². The van der Waals surface area contributed by atoms with Crippen molar-refractivity contribution < 1.29 is 8.81 Å². The number of hydrogen-bond acceptors (Lipinski definition) is 6.